The number of aliphatic hydroxyl groups is 1. The molecule has 2 N–H and O–H groups in total. The van der Waals surface area contributed by atoms with E-state index in [9.17, 15) is 9.90 Å². The van der Waals surface area contributed by atoms with Gasteiger partial charge in [0.15, 0.2) is 0 Å². The number of hydrogen-bond donors (Lipinski definition) is 2. The fraction of sp³-hybridized carbons (Fsp3) is 0.208. The van der Waals surface area contributed by atoms with Gasteiger partial charge in [0, 0.05) is 10.9 Å². The first-order valence-corrected chi connectivity index (χ1v) is 9.90. The molecule has 3 aromatic carbocycles. The molecule has 0 saturated heterocycles. The number of benzene rings is 3. The molecule has 0 saturated carbocycles. The molecule has 1 unspecified atom stereocenters. The number of carbonyl (C=O) groups is 1. The van der Waals surface area contributed by atoms with Crippen molar-refractivity contribution in [2.24, 2.45) is 0 Å². The van der Waals surface area contributed by atoms with Crippen molar-refractivity contribution in [1.82, 2.24) is 5.32 Å². The molecule has 0 aliphatic heterocycles. The van der Waals surface area contributed by atoms with E-state index >= 15 is 0 Å². The molecule has 29 heavy (non-hydrogen) atoms. The molecule has 0 radical (unpaired) electrons. The van der Waals surface area contributed by atoms with Crippen molar-refractivity contribution < 1.29 is 14.6 Å². The third-order valence-electron chi connectivity index (χ3n) is 5.51. The second kappa shape index (κ2) is 7.90. The van der Waals surface area contributed by atoms with Gasteiger partial charge in [-0.15, -0.1) is 0 Å². The Morgan fingerprint density at radius 3 is 2.14 bits per heavy atom. The lowest BCUT2D eigenvalue weighted by atomic mass is 9.93. The van der Waals surface area contributed by atoms with E-state index in [0.717, 1.165) is 11.1 Å². The van der Waals surface area contributed by atoms with Crippen molar-refractivity contribution in [2.75, 3.05) is 13.2 Å². The van der Waals surface area contributed by atoms with Crippen molar-refractivity contribution in [3.8, 4) is 11.1 Å². The molecule has 1 atom stereocenters. The molecule has 148 valence electrons. The molecule has 5 heteroatoms. The highest BCUT2D eigenvalue weighted by atomic mass is 35.5. The number of alkyl carbamates (subject to hydrolysis) is 1. The van der Waals surface area contributed by atoms with Crippen LogP contribution in [0.25, 0.3) is 11.1 Å². The molecule has 0 fully saturated rings. The number of fused-ring (bicyclic) bond motifs is 3. The van der Waals surface area contributed by atoms with Crippen LogP contribution in [-0.2, 0) is 10.3 Å². The van der Waals surface area contributed by atoms with Crippen LogP contribution in [0.1, 0.15) is 29.5 Å². The van der Waals surface area contributed by atoms with Gasteiger partial charge < -0.3 is 15.2 Å². The number of aliphatic hydroxyl groups excluding tert-OH is 1. The van der Waals surface area contributed by atoms with Crippen molar-refractivity contribution >= 4 is 17.7 Å². The smallest absolute Gasteiger partial charge is 0.407 e. The van der Waals surface area contributed by atoms with Gasteiger partial charge >= 0.3 is 6.09 Å². The van der Waals surface area contributed by atoms with Crippen LogP contribution in [0.4, 0.5) is 4.79 Å². The quantitative estimate of drug-likeness (QED) is 0.619. The fourth-order valence-corrected chi connectivity index (χ4v) is 4.30. The van der Waals surface area contributed by atoms with E-state index in [2.05, 4.69) is 29.6 Å². The summed E-state index contributed by atoms with van der Waals surface area (Å²) in [6.07, 6.45) is -0.594. The Kier molecular flexibility index (Phi) is 5.31. The van der Waals surface area contributed by atoms with Gasteiger partial charge in [0.05, 0.1) is 12.1 Å². The monoisotopic (exact) mass is 407 g/mol. The minimum atomic E-state index is -1.04. The fourth-order valence-electron chi connectivity index (χ4n) is 3.96. The Hall–Kier alpha value is -2.82. The van der Waals surface area contributed by atoms with Gasteiger partial charge in [-0.3, -0.25) is 0 Å². The third-order valence-corrected chi connectivity index (χ3v) is 5.84. The summed E-state index contributed by atoms with van der Waals surface area (Å²) < 4.78 is 5.59. The van der Waals surface area contributed by atoms with Gasteiger partial charge in [0.25, 0.3) is 0 Å². The molecule has 4 nitrogen and oxygen atoms in total. The zero-order valence-corrected chi connectivity index (χ0v) is 16.8. The van der Waals surface area contributed by atoms with Crippen molar-refractivity contribution in [3.05, 3.63) is 94.5 Å². The Labute approximate surface area is 175 Å². The van der Waals surface area contributed by atoms with E-state index in [0.29, 0.717) is 10.6 Å². The first-order valence-electron chi connectivity index (χ1n) is 9.52. The molecule has 3 aromatic rings. The molecule has 1 amide bonds. The number of carbonyl (C=O) groups excluding carboxylic acids is 1. The summed E-state index contributed by atoms with van der Waals surface area (Å²) in [5.41, 5.74) is 4.25. The van der Waals surface area contributed by atoms with Gasteiger partial charge in [-0.25, -0.2) is 4.79 Å². The second-order valence-corrected chi connectivity index (χ2v) is 7.83. The average Bonchev–Trinajstić information content (AvgIpc) is 3.06. The number of amides is 1. The molecule has 1 aliphatic carbocycles. The first kappa shape index (κ1) is 19.5. The lowest BCUT2D eigenvalue weighted by Crippen LogP contribution is -2.47. The number of hydrogen-bond acceptors (Lipinski definition) is 3. The van der Waals surface area contributed by atoms with Crippen molar-refractivity contribution in [2.45, 2.75) is 18.4 Å². The third kappa shape index (κ3) is 3.61. The SMILES string of the molecule is CC(CO)(NC(=O)OCC1c2ccccc2-c2ccccc21)c1ccccc1Cl. The maximum Gasteiger partial charge on any atom is 0.407 e. The minimum Gasteiger partial charge on any atom is -0.449 e. The molecular formula is C24H22ClNO3. The molecular weight excluding hydrogens is 386 g/mol. The van der Waals surface area contributed by atoms with E-state index in [4.69, 9.17) is 16.3 Å². The van der Waals surface area contributed by atoms with Crippen LogP contribution in [0.3, 0.4) is 0 Å². The highest BCUT2D eigenvalue weighted by molar-refractivity contribution is 6.31. The summed E-state index contributed by atoms with van der Waals surface area (Å²) in [6.45, 7) is 1.63. The molecule has 0 spiro atoms. The van der Waals surface area contributed by atoms with Crippen molar-refractivity contribution in [3.63, 3.8) is 0 Å². The predicted octanol–water partition coefficient (Wildman–Crippen LogP) is 5.09. The molecule has 1 aliphatic rings. The number of ether oxygens (including phenoxy) is 1. The predicted molar refractivity (Wildman–Crippen MR) is 114 cm³/mol. The lowest BCUT2D eigenvalue weighted by molar-refractivity contribution is 0.114. The van der Waals surface area contributed by atoms with Gasteiger partial charge in [-0.1, -0.05) is 78.3 Å². The first-order chi connectivity index (χ1) is 14.0. The minimum absolute atomic E-state index is 0.0196. The maximum absolute atomic E-state index is 12.6. The average molecular weight is 408 g/mol. The number of halogens is 1. The van der Waals surface area contributed by atoms with Gasteiger partial charge in [0.1, 0.15) is 6.61 Å². The van der Waals surface area contributed by atoms with Crippen molar-refractivity contribution in [1.29, 1.82) is 0 Å². The number of rotatable bonds is 5. The summed E-state index contributed by atoms with van der Waals surface area (Å²) in [4.78, 5) is 12.6. The standard InChI is InChI=1S/C24H22ClNO3/c1-24(15-27,21-12-6-7-13-22(21)25)26-23(28)29-14-20-18-10-4-2-8-16(18)17-9-3-5-11-19(17)20/h2-13,20,27H,14-15H2,1H3,(H,26,28). The maximum atomic E-state index is 12.6. The van der Waals surface area contributed by atoms with Crippen LogP contribution in [0, 0.1) is 0 Å². The van der Waals surface area contributed by atoms with E-state index in [-0.39, 0.29) is 19.1 Å². The van der Waals surface area contributed by atoms with Crippen LogP contribution in [0.15, 0.2) is 72.8 Å². The van der Waals surface area contributed by atoms with E-state index in [1.54, 1.807) is 25.1 Å². The second-order valence-electron chi connectivity index (χ2n) is 7.42. The largest absolute Gasteiger partial charge is 0.449 e. The van der Waals surface area contributed by atoms with E-state index in [1.165, 1.54) is 11.1 Å². The summed E-state index contributed by atoms with van der Waals surface area (Å²) in [5.74, 6) is -0.0196. The highest BCUT2D eigenvalue weighted by Gasteiger charge is 2.32. The normalized spacial score (nSPS) is 14.6. The molecule has 0 heterocycles. The van der Waals surface area contributed by atoms with Crippen LogP contribution in [0.5, 0.6) is 0 Å². The van der Waals surface area contributed by atoms with Crippen LogP contribution in [0.2, 0.25) is 5.02 Å². The lowest BCUT2D eigenvalue weighted by Gasteiger charge is -2.30. The Morgan fingerprint density at radius 1 is 1.00 bits per heavy atom. The summed E-state index contributed by atoms with van der Waals surface area (Å²) >= 11 is 6.26. The Morgan fingerprint density at radius 2 is 1.55 bits per heavy atom. The molecule has 0 aromatic heterocycles. The van der Waals surface area contributed by atoms with Gasteiger partial charge in [-0.2, -0.15) is 0 Å². The van der Waals surface area contributed by atoms with E-state index < -0.39 is 11.6 Å². The Balaban J connectivity index is 1.51. The highest BCUT2D eigenvalue weighted by Crippen LogP contribution is 2.44. The van der Waals surface area contributed by atoms with Crippen LogP contribution >= 0.6 is 11.6 Å². The van der Waals surface area contributed by atoms with E-state index in [1.807, 2.05) is 30.3 Å². The topological polar surface area (TPSA) is 58.6 Å². The zero-order valence-electron chi connectivity index (χ0n) is 16.1. The number of nitrogens with one attached hydrogen (secondary N) is 1. The molecule has 0 bridgehead atoms. The summed E-state index contributed by atoms with van der Waals surface area (Å²) in [5, 5.41) is 13.2. The van der Waals surface area contributed by atoms with Crippen LogP contribution < -0.4 is 5.32 Å². The summed E-state index contributed by atoms with van der Waals surface area (Å²) in [7, 11) is 0. The molecule has 4 rings (SSSR count). The van der Waals surface area contributed by atoms with Gasteiger partial charge in [0.2, 0.25) is 0 Å². The zero-order chi connectivity index (χ0) is 20.4. The van der Waals surface area contributed by atoms with Gasteiger partial charge in [-0.05, 0) is 40.8 Å². The summed E-state index contributed by atoms with van der Waals surface area (Å²) in [6, 6.07) is 23.5. The van der Waals surface area contributed by atoms with Crippen LogP contribution in [-0.4, -0.2) is 24.4 Å². The Bertz CT molecular complexity index is 1010.